The molecule has 0 radical (unpaired) electrons. The van der Waals surface area contributed by atoms with Crippen LogP contribution >= 0.6 is 0 Å². The van der Waals surface area contributed by atoms with Gasteiger partial charge in [-0.15, -0.1) is 0 Å². The molecule has 1 aromatic rings. The van der Waals surface area contributed by atoms with E-state index >= 15 is 0 Å². The molecule has 1 atom stereocenters. The maximum atomic E-state index is 12.4. The summed E-state index contributed by atoms with van der Waals surface area (Å²) in [5.41, 5.74) is -0.292. The molecule has 2 N–H and O–H groups in total. The molecule has 1 unspecified atom stereocenters. The number of hydrogen-bond acceptors (Lipinski definition) is 5. The van der Waals surface area contributed by atoms with E-state index in [9.17, 15) is 8.42 Å². The summed E-state index contributed by atoms with van der Waals surface area (Å²) in [6.07, 6.45) is 2.83. The summed E-state index contributed by atoms with van der Waals surface area (Å²) in [6.45, 7) is 4.51. The highest BCUT2D eigenvalue weighted by molar-refractivity contribution is 7.89. The van der Waals surface area contributed by atoms with E-state index in [0.717, 1.165) is 0 Å². The van der Waals surface area contributed by atoms with Crippen molar-refractivity contribution >= 4 is 15.8 Å². The second-order valence-corrected chi connectivity index (χ2v) is 7.26. The topological polar surface area (TPSA) is 80.3 Å². The Morgan fingerprint density at radius 3 is 2.85 bits per heavy atom. The molecule has 1 fully saturated rings. The first-order valence-electron chi connectivity index (χ1n) is 6.62. The van der Waals surface area contributed by atoms with Crippen LogP contribution in [0.4, 0.5) is 5.82 Å². The average molecular weight is 299 g/mol. The standard InChI is InChI=1S/C13H21N3O3S/c1-13(2)9-10(5-7-19-13)16-20(17,18)11-4-6-15-12(8-11)14-3/h4,6,8,10,16H,5,7,9H2,1-3H3,(H,14,15). The van der Waals surface area contributed by atoms with Gasteiger partial charge in [-0.25, -0.2) is 18.1 Å². The first kappa shape index (κ1) is 15.2. The summed E-state index contributed by atoms with van der Waals surface area (Å²) in [7, 11) is -1.83. The summed E-state index contributed by atoms with van der Waals surface area (Å²) in [6, 6.07) is 2.91. The zero-order valence-electron chi connectivity index (χ0n) is 12.0. The molecule has 7 heteroatoms. The van der Waals surface area contributed by atoms with Crippen molar-refractivity contribution in [2.24, 2.45) is 0 Å². The van der Waals surface area contributed by atoms with Crippen LogP contribution in [0.15, 0.2) is 23.2 Å². The van der Waals surface area contributed by atoms with E-state index in [2.05, 4.69) is 15.0 Å². The zero-order valence-corrected chi connectivity index (χ0v) is 12.8. The van der Waals surface area contributed by atoms with Gasteiger partial charge in [-0.05, 0) is 32.8 Å². The molecule has 1 aliphatic rings. The van der Waals surface area contributed by atoms with Gasteiger partial charge in [0, 0.05) is 32.0 Å². The van der Waals surface area contributed by atoms with Crippen LogP contribution in [-0.2, 0) is 14.8 Å². The van der Waals surface area contributed by atoms with E-state index < -0.39 is 10.0 Å². The second-order valence-electron chi connectivity index (χ2n) is 5.55. The molecule has 0 saturated carbocycles. The molecule has 0 bridgehead atoms. The van der Waals surface area contributed by atoms with E-state index in [-0.39, 0.29) is 16.5 Å². The van der Waals surface area contributed by atoms with Crippen molar-refractivity contribution in [1.29, 1.82) is 0 Å². The third-order valence-electron chi connectivity index (χ3n) is 3.32. The minimum atomic E-state index is -3.53. The van der Waals surface area contributed by atoms with Crippen LogP contribution in [0.5, 0.6) is 0 Å². The highest BCUT2D eigenvalue weighted by Crippen LogP contribution is 2.25. The number of rotatable bonds is 4. The Hall–Kier alpha value is -1.18. The van der Waals surface area contributed by atoms with E-state index in [0.29, 0.717) is 25.3 Å². The van der Waals surface area contributed by atoms with Crippen molar-refractivity contribution in [3.05, 3.63) is 18.3 Å². The fourth-order valence-corrected chi connectivity index (χ4v) is 3.62. The fourth-order valence-electron chi connectivity index (χ4n) is 2.33. The van der Waals surface area contributed by atoms with E-state index in [1.807, 2.05) is 13.8 Å². The van der Waals surface area contributed by atoms with E-state index in [1.165, 1.54) is 18.3 Å². The molecule has 6 nitrogen and oxygen atoms in total. The largest absolute Gasteiger partial charge is 0.375 e. The number of pyridine rings is 1. The first-order chi connectivity index (χ1) is 9.32. The molecule has 112 valence electrons. The predicted octanol–water partition coefficient (Wildman–Crippen LogP) is 1.36. The lowest BCUT2D eigenvalue weighted by atomic mass is 9.95. The Bertz CT molecular complexity index is 572. The van der Waals surface area contributed by atoms with Gasteiger partial charge in [-0.3, -0.25) is 0 Å². The SMILES string of the molecule is CNc1cc(S(=O)(=O)NC2CCOC(C)(C)C2)ccn1. The molecule has 0 amide bonds. The number of sulfonamides is 1. The van der Waals surface area contributed by atoms with Gasteiger partial charge in [0.25, 0.3) is 0 Å². The minimum absolute atomic E-state index is 0.102. The molecule has 1 saturated heterocycles. The maximum Gasteiger partial charge on any atom is 0.241 e. The normalized spacial score (nSPS) is 22.4. The molecule has 2 heterocycles. The molecule has 1 aliphatic heterocycles. The van der Waals surface area contributed by atoms with Crippen molar-refractivity contribution in [2.45, 2.75) is 43.2 Å². The second kappa shape index (κ2) is 5.67. The van der Waals surface area contributed by atoms with Crippen molar-refractivity contribution in [3.63, 3.8) is 0 Å². The minimum Gasteiger partial charge on any atom is -0.375 e. The average Bonchev–Trinajstić information content (AvgIpc) is 2.37. The molecular weight excluding hydrogens is 278 g/mol. The Morgan fingerprint density at radius 1 is 1.45 bits per heavy atom. The number of aromatic nitrogens is 1. The lowest BCUT2D eigenvalue weighted by Gasteiger charge is -2.35. The highest BCUT2D eigenvalue weighted by atomic mass is 32.2. The Labute approximate surface area is 120 Å². The van der Waals surface area contributed by atoms with Crippen molar-refractivity contribution in [1.82, 2.24) is 9.71 Å². The quantitative estimate of drug-likeness (QED) is 0.877. The molecule has 0 aliphatic carbocycles. The number of ether oxygens (including phenoxy) is 1. The predicted molar refractivity (Wildman–Crippen MR) is 77.2 cm³/mol. The Balaban J connectivity index is 2.14. The molecule has 1 aromatic heterocycles. The third-order valence-corrected chi connectivity index (χ3v) is 4.83. The Morgan fingerprint density at radius 2 is 2.20 bits per heavy atom. The maximum absolute atomic E-state index is 12.4. The van der Waals surface area contributed by atoms with E-state index in [1.54, 1.807) is 7.05 Å². The molecule has 20 heavy (non-hydrogen) atoms. The summed E-state index contributed by atoms with van der Waals surface area (Å²) >= 11 is 0. The summed E-state index contributed by atoms with van der Waals surface area (Å²) < 4.78 is 33.1. The van der Waals surface area contributed by atoms with Crippen LogP contribution in [0.2, 0.25) is 0 Å². The van der Waals surface area contributed by atoms with Crippen LogP contribution in [-0.4, -0.2) is 38.7 Å². The number of nitrogens with one attached hydrogen (secondary N) is 2. The molecule has 0 spiro atoms. The summed E-state index contributed by atoms with van der Waals surface area (Å²) in [4.78, 5) is 4.24. The fraction of sp³-hybridized carbons (Fsp3) is 0.615. The molecule has 2 rings (SSSR count). The number of nitrogens with zero attached hydrogens (tertiary/aromatic N) is 1. The summed E-state index contributed by atoms with van der Waals surface area (Å²) in [5.74, 6) is 0.528. The van der Waals surface area contributed by atoms with Gasteiger partial charge in [0.1, 0.15) is 5.82 Å². The van der Waals surface area contributed by atoms with Gasteiger partial charge in [0.05, 0.1) is 10.5 Å². The first-order valence-corrected chi connectivity index (χ1v) is 8.11. The van der Waals surface area contributed by atoms with Crippen LogP contribution in [0, 0.1) is 0 Å². The van der Waals surface area contributed by atoms with Crippen LogP contribution in [0.3, 0.4) is 0 Å². The van der Waals surface area contributed by atoms with E-state index in [4.69, 9.17) is 4.74 Å². The highest BCUT2D eigenvalue weighted by Gasteiger charge is 2.31. The van der Waals surface area contributed by atoms with Gasteiger partial charge in [-0.1, -0.05) is 0 Å². The lowest BCUT2D eigenvalue weighted by Crippen LogP contribution is -2.45. The zero-order chi connectivity index (χ0) is 14.8. The van der Waals surface area contributed by atoms with Crippen molar-refractivity contribution in [2.75, 3.05) is 19.0 Å². The van der Waals surface area contributed by atoms with Gasteiger partial charge in [0.2, 0.25) is 10.0 Å². The molecular formula is C13H21N3O3S. The Kier molecular flexibility index (Phi) is 4.31. The van der Waals surface area contributed by atoms with Gasteiger partial charge in [0.15, 0.2) is 0 Å². The smallest absolute Gasteiger partial charge is 0.241 e. The van der Waals surface area contributed by atoms with Crippen LogP contribution < -0.4 is 10.0 Å². The monoisotopic (exact) mass is 299 g/mol. The van der Waals surface area contributed by atoms with Crippen LogP contribution in [0.25, 0.3) is 0 Å². The van der Waals surface area contributed by atoms with Gasteiger partial charge in [-0.2, -0.15) is 0 Å². The van der Waals surface area contributed by atoms with Gasteiger partial charge < -0.3 is 10.1 Å². The molecule has 0 aromatic carbocycles. The van der Waals surface area contributed by atoms with Gasteiger partial charge >= 0.3 is 0 Å². The number of hydrogen-bond donors (Lipinski definition) is 2. The van der Waals surface area contributed by atoms with Crippen molar-refractivity contribution in [3.8, 4) is 0 Å². The number of anilines is 1. The lowest BCUT2D eigenvalue weighted by molar-refractivity contribution is -0.0599. The third kappa shape index (κ3) is 3.68. The van der Waals surface area contributed by atoms with Crippen molar-refractivity contribution < 1.29 is 13.2 Å². The summed E-state index contributed by atoms with van der Waals surface area (Å²) in [5, 5.41) is 2.83. The van der Waals surface area contributed by atoms with Crippen LogP contribution in [0.1, 0.15) is 26.7 Å².